The second-order valence-electron chi connectivity index (χ2n) is 6.83. The molecule has 0 bridgehead atoms. The van der Waals surface area contributed by atoms with Gasteiger partial charge in [-0.15, -0.1) is 0 Å². The molecule has 0 saturated carbocycles. The molecule has 0 radical (unpaired) electrons. The molecule has 2 N–H and O–H groups in total. The van der Waals surface area contributed by atoms with Crippen molar-refractivity contribution in [3.63, 3.8) is 0 Å². The lowest BCUT2D eigenvalue weighted by Gasteiger charge is -2.09. The fourth-order valence-electron chi connectivity index (χ4n) is 2.84. The number of aromatic nitrogens is 2. The van der Waals surface area contributed by atoms with Gasteiger partial charge in [0.25, 0.3) is 5.91 Å². The fraction of sp³-hybridized carbons (Fsp3) is 0.158. The van der Waals surface area contributed by atoms with Gasteiger partial charge in [-0.2, -0.15) is 13.2 Å². The van der Waals surface area contributed by atoms with Crippen LogP contribution in [-0.4, -0.2) is 30.1 Å². The molecule has 0 saturated heterocycles. The van der Waals surface area contributed by atoms with Crippen LogP contribution in [0.5, 0.6) is 0 Å². The van der Waals surface area contributed by atoms with E-state index in [9.17, 15) is 30.8 Å². The lowest BCUT2D eigenvalue weighted by molar-refractivity contribution is -0.138. The number of halogens is 5. The van der Waals surface area contributed by atoms with Crippen LogP contribution in [0.3, 0.4) is 0 Å². The van der Waals surface area contributed by atoms with E-state index in [0.29, 0.717) is 12.3 Å². The van der Waals surface area contributed by atoms with Crippen molar-refractivity contribution in [2.75, 3.05) is 16.3 Å². The van der Waals surface area contributed by atoms with Crippen molar-refractivity contribution in [1.29, 1.82) is 0 Å². The molecule has 170 valence electrons. The molecule has 3 rings (SSSR count). The summed E-state index contributed by atoms with van der Waals surface area (Å²) in [5.41, 5.74) is -1.15. The van der Waals surface area contributed by atoms with Crippen molar-refractivity contribution in [2.24, 2.45) is 7.05 Å². The third-order valence-electron chi connectivity index (χ3n) is 4.14. The van der Waals surface area contributed by atoms with Gasteiger partial charge in [0.05, 0.1) is 28.8 Å². The monoisotopic (exact) mass is 490 g/mol. The van der Waals surface area contributed by atoms with E-state index in [0.717, 1.165) is 6.26 Å². The van der Waals surface area contributed by atoms with Gasteiger partial charge < -0.3 is 9.88 Å². The van der Waals surface area contributed by atoms with Crippen molar-refractivity contribution in [3.8, 4) is 11.4 Å². The summed E-state index contributed by atoms with van der Waals surface area (Å²) < 4.78 is 78.9. The Morgan fingerprint density at radius 2 is 1.78 bits per heavy atom. The number of nitrogens with one attached hydrogen (secondary N) is 2. The number of amides is 1. The molecule has 0 aliphatic heterocycles. The molecular formula is C19H15ClF4N4O3S. The van der Waals surface area contributed by atoms with E-state index >= 15 is 0 Å². The largest absolute Gasteiger partial charge is 0.417 e. The van der Waals surface area contributed by atoms with Crippen molar-refractivity contribution in [2.45, 2.75) is 6.18 Å². The van der Waals surface area contributed by atoms with Crippen molar-refractivity contribution in [1.82, 2.24) is 9.55 Å². The second kappa shape index (κ2) is 8.43. The molecule has 2 heterocycles. The van der Waals surface area contributed by atoms with Crippen LogP contribution >= 0.6 is 11.6 Å². The maximum atomic E-state index is 14.3. The van der Waals surface area contributed by atoms with E-state index in [2.05, 4.69) is 15.0 Å². The Balaban J connectivity index is 1.87. The highest BCUT2D eigenvalue weighted by molar-refractivity contribution is 7.92. The Bertz CT molecular complexity index is 1310. The summed E-state index contributed by atoms with van der Waals surface area (Å²) in [5, 5.41) is 2.68. The van der Waals surface area contributed by atoms with E-state index in [1.807, 2.05) is 0 Å². The van der Waals surface area contributed by atoms with Crippen LogP contribution in [0.4, 0.5) is 28.9 Å². The molecule has 0 spiro atoms. The highest BCUT2D eigenvalue weighted by Gasteiger charge is 2.32. The number of hydrogen-bond acceptors (Lipinski definition) is 4. The first-order valence-corrected chi connectivity index (χ1v) is 11.0. The molecule has 1 aromatic carbocycles. The SMILES string of the molecule is Cn1cc(C(=O)Nc2cc(Cl)cc(NS(C)(=O)=O)c2)cc1-c1ncc(C(F)(F)F)cc1F. The molecule has 0 aliphatic carbocycles. The Morgan fingerprint density at radius 1 is 1.12 bits per heavy atom. The number of carbonyl (C=O) groups is 1. The minimum absolute atomic E-state index is 0.0567. The number of anilines is 2. The number of rotatable bonds is 5. The first kappa shape index (κ1) is 23.5. The topological polar surface area (TPSA) is 93.1 Å². The van der Waals surface area contributed by atoms with Gasteiger partial charge in [-0.05, 0) is 30.3 Å². The van der Waals surface area contributed by atoms with Gasteiger partial charge in [-0.3, -0.25) is 14.5 Å². The molecule has 0 atom stereocenters. The van der Waals surface area contributed by atoms with Crippen LogP contribution in [0, 0.1) is 5.82 Å². The minimum atomic E-state index is -4.74. The number of carbonyl (C=O) groups excluding carboxylic acids is 1. The zero-order chi connectivity index (χ0) is 23.8. The Labute approximate surface area is 185 Å². The number of benzene rings is 1. The van der Waals surface area contributed by atoms with Gasteiger partial charge in [0.1, 0.15) is 5.69 Å². The first-order chi connectivity index (χ1) is 14.7. The Morgan fingerprint density at radius 3 is 2.38 bits per heavy atom. The summed E-state index contributed by atoms with van der Waals surface area (Å²) in [6, 6.07) is 5.66. The van der Waals surface area contributed by atoms with Gasteiger partial charge in [-0.1, -0.05) is 11.6 Å². The Kier molecular flexibility index (Phi) is 6.20. The van der Waals surface area contributed by atoms with E-state index in [1.54, 1.807) is 0 Å². The molecule has 3 aromatic rings. The maximum absolute atomic E-state index is 14.3. The van der Waals surface area contributed by atoms with Gasteiger partial charge in [0.2, 0.25) is 10.0 Å². The van der Waals surface area contributed by atoms with Crippen molar-refractivity contribution < 1.29 is 30.8 Å². The molecule has 7 nitrogen and oxygen atoms in total. The third kappa shape index (κ3) is 5.56. The first-order valence-electron chi connectivity index (χ1n) is 8.72. The van der Waals surface area contributed by atoms with Gasteiger partial charge >= 0.3 is 6.18 Å². The van der Waals surface area contributed by atoms with E-state index < -0.39 is 33.5 Å². The molecular weight excluding hydrogens is 476 g/mol. The quantitative estimate of drug-likeness (QED) is 0.514. The molecule has 0 unspecified atom stereocenters. The zero-order valence-electron chi connectivity index (χ0n) is 16.5. The number of nitrogens with zero attached hydrogens (tertiary/aromatic N) is 2. The van der Waals surface area contributed by atoms with Gasteiger partial charge in [0.15, 0.2) is 5.82 Å². The smallest absolute Gasteiger partial charge is 0.348 e. The maximum Gasteiger partial charge on any atom is 0.417 e. The van der Waals surface area contributed by atoms with Gasteiger partial charge in [0, 0.05) is 30.2 Å². The van der Waals surface area contributed by atoms with Crippen LogP contribution in [0.25, 0.3) is 11.4 Å². The lowest BCUT2D eigenvalue weighted by Crippen LogP contribution is -2.13. The molecule has 1 amide bonds. The van der Waals surface area contributed by atoms with Crippen LogP contribution in [0.1, 0.15) is 15.9 Å². The van der Waals surface area contributed by atoms with Crippen LogP contribution in [0.2, 0.25) is 5.02 Å². The zero-order valence-corrected chi connectivity index (χ0v) is 18.0. The second-order valence-corrected chi connectivity index (χ2v) is 9.02. The number of hydrogen-bond donors (Lipinski definition) is 2. The van der Waals surface area contributed by atoms with Crippen LogP contribution in [-0.2, 0) is 23.2 Å². The summed E-state index contributed by atoms with van der Waals surface area (Å²) in [6.07, 6.45) is -1.95. The molecule has 32 heavy (non-hydrogen) atoms. The van der Waals surface area contributed by atoms with Crippen LogP contribution < -0.4 is 10.0 Å². The minimum Gasteiger partial charge on any atom is -0.348 e. The number of pyridine rings is 1. The molecule has 2 aromatic heterocycles. The average Bonchev–Trinajstić information content (AvgIpc) is 3.00. The molecule has 0 fully saturated rings. The summed E-state index contributed by atoms with van der Waals surface area (Å²) in [5.74, 6) is -1.84. The third-order valence-corrected chi connectivity index (χ3v) is 4.96. The summed E-state index contributed by atoms with van der Waals surface area (Å²) in [6.45, 7) is 0. The normalized spacial score (nSPS) is 12.0. The van der Waals surface area contributed by atoms with Crippen molar-refractivity contribution >= 4 is 38.9 Å². The summed E-state index contributed by atoms with van der Waals surface area (Å²) in [7, 11) is -2.11. The summed E-state index contributed by atoms with van der Waals surface area (Å²) in [4.78, 5) is 16.2. The fourth-order valence-corrected chi connectivity index (χ4v) is 3.62. The number of alkyl halides is 3. The lowest BCUT2D eigenvalue weighted by atomic mass is 10.2. The highest BCUT2D eigenvalue weighted by atomic mass is 35.5. The van der Waals surface area contributed by atoms with Gasteiger partial charge in [-0.25, -0.2) is 12.8 Å². The van der Waals surface area contributed by atoms with E-state index in [-0.39, 0.29) is 33.3 Å². The number of sulfonamides is 1. The standard InChI is InChI=1S/C19H15ClF4N4O3S/c1-28-9-10(3-16(28)17-15(21)4-11(8-25-17)19(22,23)24)18(29)26-13-5-12(20)6-14(7-13)27-32(2,30)31/h3-9,27H,1-2H3,(H,26,29). The van der Waals surface area contributed by atoms with E-state index in [4.69, 9.17) is 11.6 Å². The predicted octanol–water partition coefficient (Wildman–Crippen LogP) is 4.52. The van der Waals surface area contributed by atoms with Crippen LogP contribution in [0.15, 0.2) is 42.7 Å². The Hall–Kier alpha value is -3.12. The summed E-state index contributed by atoms with van der Waals surface area (Å²) >= 11 is 5.96. The van der Waals surface area contributed by atoms with E-state index in [1.165, 1.54) is 42.1 Å². The van der Waals surface area contributed by atoms with Crippen molar-refractivity contribution in [3.05, 3.63) is 64.7 Å². The average molecular weight is 491 g/mol. The molecule has 13 heteroatoms. The predicted molar refractivity (Wildman–Crippen MR) is 111 cm³/mol. The highest BCUT2D eigenvalue weighted by Crippen LogP contribution is 2.32. The molecule has 0 aliphatic rings. The number of aryl methyl sites for hydroxylation is 1.